The first-order chi connectivity index (χ1) is 15.6. The van der Waals surface area contributed by atoms with Gasteiger partial charge in [0.1, 0.15) is 17.5 Å². The van der Waals surface area contributed by atoms with Crippen molar-refractivity contribution in [2.45, 2.75) is 45.1 Å². The highest BCUT2D eigenvalue weighted by Crippen LogP contribution is 2.43. The first kappa shape index (κ1) is 24.2. The molecule has 1 aliphatic carbocycles. The Labute approximate surface area is 190 Å². The topological polar surface area (TPSA) is 119 Å². The van der Waals surface area contributed by atoms with Gasteiger partial charge in [-0.25, -0.2) is 4.98 Å². The Bertz CT molecular complexity index is 844. The van der Waals surface area contributed by atoms with Crippen molar-refractivity contribution in [3.63, 3.8) is 0 Å². The van der Waals surface area contributed by atoms with Gasteiger partial charge in [-0.1, -0.05) is 13.8 Å². The zero-order valence-electron chi connectivity index (χ0n) is 19.4. The fourth-order valence-corrected chi connectivity index (χ4v) is 4.40. The molecule has 2 aromatic heterocycles. The van der Waals surface area contributed by atoms with E-state index >= 15 is 0 Å². The van der Waals surface area contributed by atoms with Crippen LogP contribution in [0.5, 0.6) is 0 Å². The van der Waals surface area contributed by atoms with Gasteiger partial charge in [0.2, 0.25) is 0 Å². The smallest absolute Gasteiger partial charge is 0.143 e. The van der Waals surface area contributed by atoms with Crippen molar-refractivity contribution < 1.29 is 14.6 Å². The average Bonchev–Trinajstić information content (AvgIpc) is 3.35. The summed E-state index contributed by atoms with van der Waals surface area (Å²) in [6.45, 7) is 7.50. The molecule has 1 aliphatic heterocycles. The maximum atomic E-state index is 11.7. The van der Waals surface area contributed by atoms with Gasteiger partial charge in [0.05, 0.1) is 25.0 Å². The van der Waals surface area contributed by atoms with E-state index in [2.05, 4.69) is 20.4 Å². The number of ether oxygens (including phenoxy) is 2. The number of methoxy groups -OCH3 is 1. The van der Waals surface area contributed by atoms with Gasteiger partial charge in [-0.2, -0.15) is 5.10 Å². The number of morpholine rings is 1. The van der Waals surface area contributed by atoms with Crippen LogP contribution in [0.25, 0.3) is 0 Å². The van der Waals surface area contributed by atoms with Crippen LogP contribution in [0.3, 0.4) is 0 Å². The van der Waals surface area contributed by atoms with Crippen LogP contribution in [0.4, 0.5) is 17.5 Å². The Hall–Kier alpha value is -2.49. The monoisotopic (exact) mass is 444 g/mol. The van der Waals surface area contributed by atoms with Crippen molar-refractivity contribution in [3.8, 4) is 0 Å². The number of aromatic nitrogens is 3. The Morgan fingerprint density at radius 1 is 1.34 bits per heavy atom. The molecule has 2 aromatic rings. The summed E-state index contributed by atoms with van der Waals surface area (Å²) in [4.78, 5) is 6.97. The summed E-state index contributed by atoms with van der Waals surface area (Å²) in [5.74, 6) is 2.47. The summed E-state index contributed by atoms with van der Waals surface area (Å²) in [6, 6.07) is 3.77. The summed E-state index contributed by atoms with van der Waals surface area (Å²) in [6.07, 6.45) is 5.99. The highest BCUT2D eigenvalue weighted by Gasteiger charge is 2.38. The van der Waals surface area contributed by atoms with Crippen molar-refractivity contribution in [2.24, 2.45) is 5.92 Å². The normalized spacial score (nSPS) is 23.2. The van der Waals surface area contributed by atoms with E-state index in [1.54, 1.807) is 19.4 Å². The molecule has 1 saturated heterocycles. The molecule has 0 atom stereocenters. The fraction of sp³-hybridized carbons (Fsp3) is 0.609. The molecule has 32 heavy (non-hydrogen) atoms. The van der Waals surface area contributed by atoms with E-state index < -0.39 is 5.60 Å². The molecule has 2 aliphatic rings. The molecule has 4 rings (SSSR count). The Morgan fingerprint density at radius 3 is 2.66 bits per heavy atom. The summed E-state index contributed by atoms with van der Waals surface area (Å²) >= 11 is 0. The largest absolute Gasteiger partial charge is 0.385 e. The number of nitrogens with zero attached hydrogens (tertiary/aromatic N) is 3. The Kier molecular flexibility index (Phi) is 8.60. The number of anilines is 3. The van der Waals surface area contributed by atoms with Crippen LogP contribution in [0.2, 0.25) is 0 Å². The summed E-state index contributed by atoms with van der Waals surface area (Å²) < 4.78 is 10.8. The highest BCUT2D eigenvalue weighted by atomic mass is 16.5. The van der Waals surface area contributed by atoms with E-state index in [1.165, 1.54) is 6.21 Å². The van der Waals surface area contributed by atoms with Crippen LogP contribution in [-0.4, -0.2) is 66.5 Å². The number of hydrogen-bond donors (Lipinski definition) is 4. The SMILES string of the molecule is CC.COCC1CCC(O)(c2cc(N3CCOCC3)nc(Nc3ccn[nH]3)c2C=N)CC1. The lowest BCUT2D eigenvalue weighted by Gasteiger charge is -2.38. The van der Waals surface area contributed by atoms with E-state index in [4.69, 9.17) is 19.9 Å². The molecule has 2 fully saturated rings. The van der Waals surface area contributed by atoms with E-state index in [9.17, 15) is 5.11 Å². The molecule has 0 amide bonds. The van der Waals surface area contributed by atoms with Gasteiger partial charge in [0.15, 0.2) is 0 Å². The van der Waals surface area contributed by atoms with Gasteiger partial charge in [0.25, 0.3) is 0 Å². The summed E-state index contributed by atoms with van der Waals surface area (Å²) in [5.41, 5.74) is 0.368. The van der Waals surface area contributed by atoms with E-state index in [1.807, 2.05) is 19.9 Å². The lowest BCUT2D eigenvalue weighted by atomic mass is 9.74. The highest BCUT2D eigenvalue weighted by molar-refractivity contribution is 5.89. The number of pyridine rings is 1. The molecule has 3 heterocycles. The van der Waals surface area contributed by atoms with Gasteiger partial charge in [0, 0.05) is 44.7 Å². The number of rotatable bonds is 7. The second kappa shape index (κ2) is 11.4. The molecule has 0 aromatic carbocycles. The van der Waals surface area contributed by atoms with Crippen LogP contribution >= 0.6 is 0 Å². The zero-order valence-corrected chi connectivity index (χ0v) is 19.4. The van der Waals surface area contributed by atoms with E-state index in [0.29, 0.717) is 49.2 Å². The number of aliphatic hydroxyl groups is 1. The fourth-order valence-electron chi connectivity index (χ4n) is 4.40. The average molecular weight is 445 g/mol. The minimum Gasteiger partial charge on any atom is -0.385 e. The van der Waals surface area contributed by atoms with Gasteiger partial charge >= 0.3 is 0 Å². The van der Waals surface area contributed by atoms with Crippen LogP contribution in [0.1, 0.15) is 50.7 Å². The van der Waals surface area contributed by atoms with Gasteiger partial charge < -0.3 is 30.2 Å². The van der Waals surface area contributed by atoms with E-state index in [-0.39, 0.29) is 0 Å². The molecule has 4 N–H and O–H groups in total. The van der Waals surface area contributed by atoms with Crippen molar-refractivity contribution in [1.29, 1.82) is 5.41 Å². The molecular formula is C23H36N6O3. The lowest BCUT2D eigenvalue weighted by Crippen LogP contribution is -2.38. The summed E-state index contributed by atoms with van der Waals surface area (Å²) in [7, 11) is 1.72. The molecule has 9 nitrogen and oxygen atoms in total. The third-order valence-corrected chi connectivity index (χ3v) is 6.11. The Morgan fingerprint density at radius 2 is 2.06 bits per heavy atom. The number of H-pyrrole nitrogens is 1. The van der Waals surface area contributed by atoms with Gasteiger partial charge in [-0.3, -0.25) is 5.10 Å². The van der Waals surface area contributed by atoms with Crippen molar-refractivity contribution in [3.05, 3.63) is 29.5 Å². The second-order valence-corrected chi connectivity index (χ2v) is 8.06. The quantitative estimate of drug-likeness (QED) is 0.483. The third-order valence-electron chi connectivity index (χ3n) is 6.11. The molecule has 176 valence electrons. The molecule has 1 saturated carbocycles. The minimum atomic E-state index is -0.995. The van der Waals surface area contributed by atoms with Crippen LogP contribution < -0.4 is 10.2 Å². The van der Waals surface area contributed by atoms with E-state index in [0.717, 1.165) is 43.9 Å². The van der Waals surface area contributed by atoms with Crippen LogP contribution in [-0.2, 0) is 15.1 Å². The van der Waals surface area contributed by atoms with Gasteiger partial charge in [-0.05, 0) is 43.2 Å². The molecule has 0 unspecified atom stereocenters. The molecule has 0 bridgehead atoms. The standard InChI is InChI=1S/C21H30N6O3.C2H6/c1-29-14-15-2-5-21(28,6-3-15)17-12-19(27-8-10-30-11-9-27)25-20(16(17)13-22)24-18-4-7-23-26-18;1-2/h4,7,12-13,15,22,28H,2-3,5-6,8-11,14H2,1H3,(H2,23,24,25,26);1-2H3. The maximum Gasteiger partial charge on any atom is 0.143 e. The lowest BCUT2D eigenvalue weighted by molar-refractivity contribution is -0.0246. The third kappa shape index (κ3) is 5.46. The zero-order chi connectivity index (χ0) is 23.0. The molecule has 9 heteroatoms. The molecule has 0 radical (unpaired) electrons. The predicted molar refractivity (Wildman–Crippen MR) is 126 cm³/mol. The predicted octanol–water partition coefficient (Wildman–Crippen LogP) is 3.43. The van der Waals surface area contributed by atoms with Gasteiger partial charge in [-0.15, -0.1) is 0 Å². The summed E-state index contributed by atoms with van der Waals surface area (Å²) in [5, 5.41) is 29.8. The first-order valence-corrected chi connectivity index (χ1v) is 11.5. The second-order valence-electron chi connectivity index (χ2n) is 8.06. The first-order valence-electron chi connectivity index (χ1n) is 11.5. The minimum absolute atomic E-state index is 0.460. The van der Waals surface area contributed by atoms with Crippen molar-refractivity contribution >= 4 is 23.7 Å². The maximum absolute atomic E-state index is 11.7. The number of nitrogens with one attached hydrogen (secondary N) is 3. The van der Waals surface area contributed by atoms with Crippen molar-refractivity contribution in [2.75, 3.05) is 50.2 Å². The van der Waals surface area contributed by atoms with Crippen molar-refractivity contribution in [1.82, 2.24) is 15.2 Å². The molecular weight excluding hydrogens is 408 g/mol. The number of aromatic amines is 1. The van der Waals surface area contributed by atoms with Crippen LogP contribution in [0, 0.1) is 11.3 Å². The molecule has 0 spiro atoms. The van der Waals surface area contributed by atoms with Crippen LogP contribution in [0.15, 0.2) is 18.3 Å². The Balaban J connectivity index is 0.00000141. The number of hydrogen-bond acceptors (Lipinski definition) is 8.